The van der Waals surface area contributed by atoms with Crippen molar-refractivity contribution in [3.63, 3.8) is 0 Å². The first-order chi connectivity index (χ1) is 25.8. The molecule has 0 unspecified atom stereocenters. The first-order valence-electron chi connectivity index (χ1n) is 17.8. The summed E-state index contributed by atoms with van der Waals surface area (Å²) in [6, 6.07) is 71.5. The molecule has 0 atom stereocenters. The van der Waals surface area contributed by atoms with Crippen LogP contribution in [0.15, 0.2) is 205 Å². The van der Waals surface area contributed by atoms with Crippen molar-refractivity contribution in [3.8, 4) is 33.4 Å². The average Bonchev–Trinajstić information content (AvgIpc) is 3.58. The SMILES string of the molecule is c1ccc(-c2ccc(N(c3ccc4oc5c(-c6cccc7ccccc67)c6ccccc6cc5c4c3)c3ccccc3-c3ccccc3)cc2)cc1. The standard InChI is InChI=1S/C50H33NO/c1-3-14-34(15-4-1)35-26-28-39(29-27-35)51(47-25-12-11-22-42(47)37-16-5-2-6-17-37)40-30-31-48-45(33-40)46-32-38-19-8-10-23-43(38)49(50(46)52-48)44-24-13-20-36-18-7-9-21-41(36)44/h1-33H. The number of hydrogen-bond donors (Lipinski definition) is 0. The van der Waals surface area contributed by atoms with Gasteiger partial charge in [0, 0.05) is 33.3 Å². The molecular weight excluding hydrogens is 631 g/mol. The first-order valence-corrected chi connectivity index (χ1v) is 17.8. The highest BCUT2D eigenvalue weighted by atomic mass is 16.3. The summed E-state index contributed by atoms with van der Waals surface area (Å²) < 4.78 is 6.88. The maximum atomic E-state index is 6.88. The zero-order valence-corrected chi connectivity index (χ0v) is 28.4. The zero-order valence-electron chi connectivity index (χ0n) is 28.4. The fraction of sp³-hybridized carbons (Fsp3) is 0. The van der Waals surface area contributed by atoms with E-state index >= 15 is 0 Å². The van der Waals surface area contributed by atoms with Crippen LogP contribution < -0.4 is 4.90 Å². The molecule has 0 amide bonds. The van der Waals surface area contributed by atoms with Crippen molar-refractivity contribution in [2.75, 3.05) is 4.90 Å². The molecule has 2 nitrogen and oxygen atoms in total. The molecule has 1 heterocycles. The second-order valence-electron chi connectivity index (χ2n) is 13.3. The lowest BCUT2D eigenvalue weighted by molar-refractivity contribution is 0.670. The third-order valence-electron chi connectivity index (χ3n) is 10.2. The predicted molar refractivity (Wildman–Crippen MR) is 220 cm³/mol. The third-order valence-corrected chi connectivity index (χ3v) is 10.2. The van der Waals surface area contributed by atoms with Gasteiger partial charge in [-0.05, 0) is 86.3 Å². The van der Waals surface area contributed by atoms with Crippen LogP contribution in [0.3, 0.4) is 0 Å². The van der Waals surface area contributed by atoms with Gasteiger partial charge in [0.1, 0.15) is 11.2 Å². The minimum Gasteiger partial charge on any atom is -0.455 e. The number of para-hydroxylation sites is 1. The Balaban J connectivity index is 1.22. The monoisotopic (exact) mass is 663 g/mol. The molecule has 10 aromatic rings. The molecule has 0 radical (unpaired) electrons. The van der Waals surface area contributed by atoms with Gasteiger partial charge in [-0.1, -0.05) is 158 Å². The predicted octanol–water partition coefficient (Wildman–Crippen LogP) is 14.4. The molecule has 9 aromatic carbocycles. The Morgan fingerprint density at radius 3 is 1.75 bits per heavy atom. The van der Waals surface area contributed by atoms with Gasteiger partial charge >= 0.3 is 0 Å². The minimum absolute atomic E-state index is 0.867. The molecular formula is C50H33NO. The van der Waals surface area contributed by atoms with E-state index in [0.29, 0.717) is 0 Å². The fourth-order valence-corrected chi connectivity index (χ4v) is 7.80. The summed E-state index contributed by atoms with van der Waals surface area (Å²) in [5.74, 6) is 0. The Morgan fingerprint density at radius 2 is 0.942 bits per heavy atom. The van der Waals surface area contributed by atoms with Gasteiger partial charge in [0.05, 0.1) is 5.69 Å². The van der Waals surface area contributed by atoms with E-state index in [1.54, 1.807) is 0 Å². The minimum atomic E-state index is 0.867. The van der Waals surface area contributed by atoms with E-state index in [1.807, 2.05) is 0 Å². The Bertz CT molecular complexity index is 2880. The summed E-state index contributed by atoms with van der Waals surface area (Å²) in [4.78, 5) is 2.38. The lowest BCUT2D eigenvalue weighted by Gasteiger charge is -2.28. The summed E-state index contributed by atoms with van der Waals surface area (Å²) >= 11 is 0. The van der Waals surface area contributed by atoms with E-state index in [4.69, 9.17) is 4.42 Å². The number of furan rings is 1. The van der Waals surface area contributed by atoms with Crippen molar-refractivity contribution in [1.29, 1.82) is 0 Å². The molecule has 10 rings (SSSR count). The van der Waals surface area contributed by atoms with E-state index in [2.05, 4.69) is 205 Å². The maximum absolute atomic E-state index is 6.88. The molecule has 0 N–H and O–H groups in total. The fourth-order valence-electron chi connectivity index (χ4n) is 7.80. The van der Waals surface area contributed by atoms with Crippen LogP contribution in [0.4, 0.5) is 17.1 Å². The van der Waals surface area contributed by atoms with Gasteiger partial charge in [0.15, 0.2) is 0 Å². The summed E-state index contributed by atoms with van der Waals surface area (Å²) in [7, 11) is 0. The molecule has 0 saturated heterocycles. The van der Waals surface area contributed by atoms with Gasteiger partial charge in [-0.2, -0.15) is 0 Å². The summed E-state index contributed by atoms with van der Waals surface area (Å²) in [5.41, 5.74) is 12.0. The lowest BCUT2D eigenvalue weighted by Crippen LogP contribution is -2.11. The molecule has 244 valence electrons. The van der Waals surface area contributed by atoms with E-state index in [0.717, 1.165) is 50.1 Å². The van der Waals surface area contributed by atoms with Gasteiger partial charge in [-0.25, -0.2) is 0 Å². The second-order valence-corrected chi connectivity index (χ2v) is 13.3. The highest BCUT2D eigenvalue weighted by molar-refractivity contribution is 6.21. The summed E-state index contributed by atoms with van der Waals surface area (Å²) in [6.07, 6.45) is 0. The molecule has 0 fully saturated rings. The first kappa shape index (κ1) is 30.0. The molecule has 0 bridgehead atoms. The van der Waals surface area contributed by atoms with Crippen molar-refractivity contribution in [3.05, 3.63) is 200 Å². The van der Waals surface area contributed by atoms with Crippen molar-refractivity contribution < 1.29 is 4.42 Å². The number of benzene rings is 9. The van der Waals surface area contributed by atoms with Crippen LogP contribution in [0.2, 0.25) is 0 Å². The quantitative estimate of drug-likeness (QED) is 0.176. The van der Waals surface area contributed by atoms with Crippen LogP contribution in [-0.4, -0.2) is 0 Å². The molecule has 2 heteroatoms. The van der Waals surface area contributed by atoms with Gasteiger partial charge in [-0.15, -0.1) is 0 Å². The smallest absolute Gasteiger partial charge is 0.143 e. The number of rotatable bonds is 6. The zero-order chi connectivity index (χ0) is 34.4. The molecule has 0 aliphatic rings. The normalized spacial score (nSPS) is 11.5. The number of fused-ring (bicyclic) bond motifs is 5. The highest BCUT2D eigenvalue weighted by Crippen LogP contribution is 2.46. The van der Waals surface area contributed by atoms with Crippen LogP contribution >= 0.6 is 0 Å². The van der Waals surface area contributed by atoms with Crippen molar-refractivity contribution in [2.45, 2.75) is 0 Å². The van der Waals surface area contributed by atoms with E-state index in [-0.39, 0.29) is 0 Å². The molecule has 1 aromatic heterocycles. The maximum Gasteiger partial charge on any atom is 0.143 e. The van der Waals surface area contributed by atoms with E-state index in [1.165, 1.54) is 43.8 Å². The number of anilines is 3. The van der Waals surface area contributed by atoms with Gasteiger partial charge in [0.25, 0.3) is 0 Å². The lowest BCUT2D eigenvalue weighted by atomic mass is 9.92. The largest absolute Gasteiger partial charge is 0.455 e. The van der Waals surface area contributed by atoms with Crippen LogP contribution in [0.25, 0.3) is 76.9 Å². The van der Waals surface area contributed by atoms with Crippen LogP contribution in [-0.2, 0) is 0 Å². The summed E-state index contributed by atoms with van der Waals surface area (Å²) in [5, 5.41) is 6.99. The van der Waals surface area contributed by atoms with Gasteiger partial charge in [-0.3, -0.25) is 0 Å². The van der Waals surface area contributed by atoms with Gasteiger partial charge < -0.3 is 9.32 Å². The second kappa shape index (κ2) is 12.5. The highest BCUT2D eigenvalue weighted by Gasteiger charge is 2.21. The van der Waals surface area contributed by atoms with Gasteiger partial charge in [0.2, 0.25) is 0 Å². The topological polar surface area (TPSA) is 16.4 Å². The Kier molecular flexibility index (Phi) is 7.18. The third kappa shape index (κ3) is 5.04. The molecule has 0 spiro atoms. The summed E-state index contributed by atoms with van der Waals surface area (Å²) in [6.45, 7) is 0. The van der Waals surface area contributed by atoms with Crippen molar-refractivity contribution >= 4 is 60.5 Å². The Hall–Kier alpha value is -6.90. The van der Waals surface area contributed by atoms with E-state index < -0.39 is 0 Å². The number of hydrogen-bond acceptors (Lipinski definition) is 2. The molecule has 0 aliphatic heterocycles. The molecule has 52 heavy (non-hydrogen) atoms. The van der Waals surface area contributed by atoms with Crippen molar-refractivity contribution in [2.24, 2.45) is 0 Å². The molecule has 0 aliphatic carbocycles. The Morgan fingerprint density at radius 1 is 0.346 bits per heavy atom. The van der Waals surface area contributed by atoms with Crippen molar-refractivity contribution in [1.82, 2.24) is 0 Å². The number of nitrogens with zero attached hydrogens (tertiary/aromatic N) is 1. The molecule has 0 saturated carbocycles. The average molecular weight is 664 g/mol. The van der Waals surface area contributed by atoms with Crippen LogP contribution in [0.5, 0.6) is 0 Å². The van der Waals surface area contributed by atoms with Crippen LogP contribution in [0.1, 0.15) is 0 Å². The van der Waals surface area contributed by atoms with Crippen LogP contribution in [0, 0.1) is 0 Å². The van der Waals surface area contributed by atoms with E-state index in [9.17, 15) is 0 Å². The Labute approximate surface area is 302 Å².